The summed E-state index contributed by atoms with van der Waals surface area (Å²) in [6.45, 7) is 3.52. The predicted molar refractivity (Wildman–Crippen MR) is 134 cm³/mol. The van der Waals surface area contributed by atoms with E-state index in [9.17, 15) is 32.8 Å². The zero-order chi connectivity index (χ0) is 28.7. The Morgan fingerprint density at radius 1 is 1.10 bits per heavy atom. The lowest BCUT2D eigenvalue weighted by atomic mass is 9.99. The number of hydrogen-bond acceptors (Lipinski definition) is 5. The number of amides is 3. The highest BCUT2D eigenvalue weighted by Crippen LogP contribution is 2.33. The fourth-order valence-corrected chi connectivity index (χ4v) is 4.29. The van der Waals surface area contributed by atoms with E-state index in [2.05, 4.69) is 4.98 Å². The van der Waals surface area contributed by atoms with Gasteiger partial charge in [-0.3, -0.25) is 14.9 Å². The Labute approximate surface area is 222 Å². The van der Waals surface area contributed by atoms with Crippen LogP contribution in [-0.2, 0) is 25.6 Å². The van der Waals surface area contributed by atoms with Gasteiger partial charge in [0.25, 0.3) is 5.91 Å². The van der Waals surface area contributed by atoms with Gasteiger partial charge in [0.2, 0.25) is 0 Å². The average Bonchev–Trinajstić information content (AvgIpc) is 3.29. The van der Waals surface area contributed by atoms with Gasteiger partial charge in [0.05, 0.1) is 17.3 Å². The lowest BCUT2D eigenvalue weighted by Crippen LogP contribution is -2.49. The molecule has 0 aliphatic rings. The third-order valence-corrected chi connectivity index (χ3v) is 6.26. The fourth-order valence-electron chi connectivity index (χ4n) is 4.29. The van der Waals surface area contributed by atoms with Crippen molar-refractivity contribution < 1.29 is 37.9 Å². The smallest absolute Gasteiger partial charge is 0.416 e. The number of carboxylic acid groups (broad SMARTS) is 1. The molecule has 0 saturated heterocycles. The maximum atomic E-state index is 13.7. The van der Waals surface area contributed by atoms with Crippen molar-refractivity contribution in [2.75, 3.05) is 0 Å². The first kappa shape index (κ1) is 29.4. The number of hydrogen-bond donors (Lipinski definition) is 3. The summed E-state index contributed by atoms with van der Waals surface area (Å²) in [4.78, 5) is 42.5. The number of aromatic nitrogens is 2. The molecule has 39 heavy (non-hydrogen) atoms. The van der Waals surface area contributed by atoms with Crippen LogP contribution in [0.15, 0.2) is 54.7 Å². The third kappa shape index (κ3) is 7.02. The van der Waals surface area contributed by atoms with Gasteiger partial charge in [0, 0.05) is 19.0 Å². The summed E-state index contributed by atoms with van der Waals surface area (Å²) in [6.07, 6.45) is -1.55. The van der Waals surface area contributed by atoms with Crippen LogP contribution in [0.2, 0.25) is 0 Å². The number of nitrogens with one attached hydrogen (secondary N) is 1. The third-order valence-electron chi connectivity index (χ3n) is 6.26. The SMILES string of the molecule is CCCCc1ncc(C(=O)N(C(=O)NO)C(C)Cc2ccccc2C(F)(F)F)n1Cc1ccc(C(=O)O)cc1. The zero-order valence-electron chi connectivity index (χ0n) is 21.4. The Kier molecular flexibility index (Phi) is 9.47. The summed E-state index contributed by atoms with van der Waals surface area (Å²) < 4.78 is 42.2. The Balaban J connectivity index is 1.99. The van der Waals surface area contributed by atoms with E-state index in [1.807, 2.05) is 6.92 Å². The van der Waals surface area contributed by atoms with Crippen molar-refractivity contribution in [1.82, 2.24) is 19.9 Å². The maximum absolute atomic E-state index is 13.7. The van der Waals surface area contributed by atoms with E-state index in [4.69, 9.17) is 5.11 Å². The van der Waals surface area contributed by atoms with Gasteiger partial charge in [-0.1, -0.05) is 43.7 Å². The molecule has 0 saturated carbocycles. The number of imidazole rings is 1. The minimum absolute atomic E-state index is 0.0111. The second-order valence-corrected chi connectivity index (χ2v) is 9.05. The minimum atomic E-state index is -4.63. The molecule has 9 nitrogen and oxygen atoms in total. The molecular formula is C27H29F3N4O5. The van der Waals surface area contributed by atoms with Gasteiger partial charge in [0.15, 0.2) is 0 Å². The van der Waals surface area contributed by atoms with Crippen molar-refractivity contribution in [1.29, 1.82) is 0 Å². The molecule has 1 aromatic heterocycles. The zero-order valence-corrected chi connectivity index (χ0v) is 21.4. The number of alkyl halides is 3. The van der Waals surface area contributed by atoms with Crippen LogP contribution in [0.3, 0.4) is 0 Å². The molecule has 1 unspecified atom stereocenters. The number of nitrogens with zero attached hydrogens (tertiary/aromatic N) is 3. The van der Waals surface area contributed by atoms with Crippen LogP contribution >= 0.6 is 0 Å². The highest BCUT2D eigenvalue weighted by molar-refractivity contribution is 6.03. The number of urea groups is 1. The molecule has 3 amide bonds. The largest absolute Gasteiger partial charge is 0.478 e. The summed E-state index contributed by atoms with van der Waals surface area (Å²) >= 11 is 0. The van der Waals surface area contributed by atoms with Crippen molar-refractivity contribution >= 4 is 17.9 Å². The maximum Gasteiger partial charge on any atom is 0.416 e. The molecule has 0 aliphatic carbocycles. The van der Waals surface area contributed by atoms with Crippen LogP contribution in [0, 0.1) is 0 Å². The summed E-state index contributed by atoms with van der Waals surface area (Å²) in [6, 6.07) is 8.63. The van der Waals surface area contributed by atoms with Crippen LogP contribution in [0.1, 0.15) is 70.1 Å². The molecule has 12 heteroatoms. The molecule has 208 valence electrons. The summed E-state index contributed by atoms with van der Waals surface area (Å²) in [5, 5.41) is 18.5. The lowest BCUT2D eigenvalue weighted by molar-refractivity contribution is -0.138. The normalized spacial score (nSPS) is 12.2. The Hall–Kier alpha value is -4.19. The molecule has 0 radical (unpaired) electrons. The van der Waals surface area contributed by atoms with Gasteiger partial charge < -0.3 is 9.67 Å². The Morgan fingerprint density at radius 2 is 1.77 bits per heavy atom. The van der Waals surface area contributed by atoms with Gasteiger partial charge in [-0.15, -0.1) is 0 Å². The van der Waals surface area contributed by atoms with Crippen molar-refractivity contribution in [3.63, 3.8) is 0 Å². The van der Waals surface area contributed by atoms with Crippen molar-refractivity contribution in [3.8, 4) is 0 Å². The number of aromatic carboxylic acids is 1. The summed E-state index contributed by atoms with van der Waals surface area (Å²) in [5.74, 6) is -1.41. The van der Waals surface area contributed by atoms with E-state index in [1.165, 1.54) is 48.9 Å². The number of carboxylic acids is 1. The lowest BCUT2D eigenvalue weighted by Gasteiger charge is -2.28. The summed E-state index contributed by atoms with van der Waals surface area (Å²) in [7, 11) is 0. The van der Waals surface area contributed by atoms with E-state index in [1.54, 1.807) is 16.7 Å². The molecule has 2 aromatic carbocycles. The number of carbonyl (C=O) groups excluding carboxylic acids is 2. The van der Waals surface area contributed by atoms with Gasteiger partial charge in [-0.2, -0.15) is 13.2 Å². The van der Waals surface area contributed by atoms with E-state index >= 15 is 0 Å². The number of benzene rings is 2. The highest BCUT2D eigenvalue weighted by Gasteiger charge is 2.36. The molecule has 0 fully saturated rings. The first-order valence-electron chi connectivity index (χ1n) is 12.3. The number of halogens is 3. The average molecular weight is 547 g/mol. The highest BCUT2D eigenvalue weighted by atomic mass is 19.4. The summed E-state index contributed by atoms with van der Waals surface area (Å²) in [5.41, 5.74) is 1.15. The molecule has 3 N–H and O–H groups in total. The van der Waals surface area contributed by atoms with Crippen LogP contribution in [0.25, 0.3) is 0 Å². The number of hydroxylamine groups is 1. The van der Waals surface area contributed by atoms with Crippen LogP contribution in [0.5, 0.6) is 0 Å². The number of unbranched alkanes of at least 4 members (excludes halogenated alkanes) is 1. The first-order chi connectivity index (χ1) is 18.5. The van der Waals surface area contributed by atoms with Gasteiger partial charge in [-0.25, -0.2) is 20.1 Å². The van der Waals surface area contributed by atoms with Crippen LogP contribution in [-0.4, -0.2) is 48.7 Å². The number of carbonyl (C=O) groups is 3. The first-order valence-corrected chi connectivity index (χ1v) is 12.3. The van der Waals surface area contributed by atoms with E-state index in [0.29, 0.717) is 22.7 Å². The van der Waals surface area contributed by atoms with Crippen LogP contribution < -0.4 is 5.48 Å². The second-order valence-electron chi connectivity index (χ2n) is 9.05. The van der Waals surface area contributed by atoms with Gasteiger partial charge in [0.1, 0.15) is 11.5 Å². The predicted octanol–water partition coefficient (Wildman–Crippen LogP) is 5.16. The Bertz CT molecular complexity index is 1320. The molecule has 1 heterocycles. The second kappa shape index (κ2) is 12.6. The van der Waals surface area contributed by atoms with Gasteiger partial charge >= 0.3 is 18.2 Å². The Morgan fingerprint density at radius 3 is 2.36 bits per heavy atom. The minimum Gasteiger partial charge on any atom is -0.478 e. The van der Waals surface area contributed by atoms with E-state index in [-0.39, 0.29) is 29.8 Å². The number of aryl methyl sites for hydroxylation is 1. The molecule has 0 spiro atoms. The molecule has 0 bridgehead atoms. The quantitative estimate of drug-likeness (QED) is 0.238. The van der Waals surface area contributed by atoms with E-state index in [0.717, 1.165) is 18.9 Å². The van der Waals surface area contributed by atoms with Gasteiger partial charge in [-0.05, 0) is 49.1 Å². The van der Waals surface area contributed by atoms with Crippen molar-refractivity contribution in [2.24, 2.45) is 0 Å². The molecule has 0 aliphatic heterocycles. The monoisotopic (exact) mass is 546 g/mol. The molecular weight excluding hydrogens is 517 g/mol. The van der Waals surface area contributed by atoms with Crippen LogP contribution in [0.4, 0.5) is 18.0 Å². The number of imide groups is 1. The van der Waals surface area contributed by atoms with Crippen molar-refractivity contribution in [2.45, 2.75) is 58.3 Å². The van der Waals surface area contributed by atoms with Crippen molar-refractivity contribution in [3.05, 3.63) is 88.5 Å². The standard InChI is InChI=1S/C27H29F3N4O5/c1-3-4-9-23-31-15-22(33(23)16-18-10-12-19(13-11-18)25(36)37)24(35)34(26(38)32-39)17(2)14-20-7-5-6-8-21(20)27(28,29)30/h5-8,10-13,15,17,39H,3-4,9,14,16H2,1-2H3,(H,32,38)(H,36,37). The number of rotatable bonds is 10. The molecule has 3 rings (SSSR count). The topological polar surface area (TPSA) is 125 Å². The molecule has 3 aromatic rings. The molecule has 1 atom stereocenters. The van der Waals surface area contributed by atoms with E-state index < -0.39 is 35.7 Å². The fraction of sp³-hybridized carbons (Fsp3) is 0.333.